The first-order chi connectivity index (χ1) is 12.2. The Balaban J connectivity index is 1.30. The van der Waals surface area contributed by atoms with Gasteiger partial charge in [0.15, 0.2) is 12.0 Å². The highest BCUT2D eigenvalue weighted by atomic mass is 16.2. The number of nitriles is 1. The summed E-state index contributed by atoms with van der Waals surface area (Å²) < 4.78 is 1.71. The van der Waals surface area contributed by atoms with Crippen molar-refractivity contribution in [2.75, 3.05) is 26.2 Å². The molecule has 0 N–H and O–H groups in total. The summed E-state index contributed by atoms with van der Waals surface area (Å²) in [5.41, 5.74) is 0.978. The van der Waals surface area contributed by atoms with E-state index in [1.165, 1.54) is 0 Å². The number of hydrogen-bond acceptors (Lipinski definition) is 6. The van der Waals surface area contributed by atoms with E-state index < -0.39 is 0 Å². The van der Waals surface area contributed by atoms with Crippen molar-refractivity contribution in [3.05, 3.63) is 36.5 Å². The summed E-state index contributed by atoms with van der Waals surface area (Å²) >= 11 is 0. The number of rotatable bonds is 4. The molecule has 2 aliphatic heterocycles. The van der Waals surface area contributed by atoms with E-state index in [0.717, 1.165) is 18.7 Å². The lowest BCUT2D eigenvalue weighted by Gasteiger charge is -2.39. The standard InChI is InChI=1S/C17H19N7O/c18-12-22-5-1-13(9-22)7-17(25)23-10-14(11-23)15-2-6-24(21-15)16-8-19-3-4-20-16/h2-4,6,8,13-14H,1,5,7,9-11H2/t13-/m0/s1. The lowest BCUT2D eigenvalue weighted by atomic mass is 9.94. The highest BCUT2D eigenvalue weighted by Gasteiger charge is 2.35. The number of likely N-dealkylation sites (tertiary alicyclic amines) is 2. The van der Waals surface area contributed by atoms with Crippen molar-refractivity contribution in [1.29, 1.82) is 5.26 Å². The van der Waals surface area contributed by atoms with Gasteiger partial charge in [-0.15, -0.1) is 0 Å². The van der Waals surface area contributed by atoms with E-state index >= 15 is 0 Å². The van der Waals surface area contributed by atoms with Gasteiger partial charge < -0.3 is 9.80 Å². The molecule has 1 amide bonds. The van der Waals surface area contributed by atoms with Crippen molar-refractivity contribution in [2.24, 2.45) is 5.92 Å². The van der Waals surface area contributed by atoms with Crippen LogP contribution in [0.5, 0.6) is 0 Å². The van der Waals surface area contributed by atoms with Crippen molar-refractivity contribution in [3.63, 3.8) is 0 Å². The SMILES string of the molecule is N#CN1CC[C@@H](CC(=O)N2CC(c3ccn(-c4cnccn4)n3)C2)C1. The summed E-state index contributed by atoms with van der Waals surface area (Å²) in [7, 11) is 0. The average Bonchev–Trinajstić information content (AvgIpc) is 3.24. The van der Waals surface area contributed by atoms with E-state index in [4.69, 9.17) is 5.26 Å². The zero-order valence-electron chi connectivity index (χ0n) is 13.8. The lowest BCUT2D eigenvalue weighted by molar-refractivity contribution is -0.136. The van der Waals surface area contributed by atoms with Gasteiger partial charge in [0.2, 0.25) is 5.91 Å². The average molecular weight is 337 g/mol. The quantitative estimate of drug-likeness (QED) is 0.766. The van der Waals surface area contributed by atoms with Gasteiger partial charge in [-0.3, -0.25) is 9.78 Å². The molecule has 25 heavy (non-hydrogen) atoms. The summed E-state index contributed by atoms with van der Waals surface area (Å²) in [6.07, 6.45) is 10.4. The Hall–Kier alpha value is -2.95. The van der Waals surface area contributed by atoms with Crippen LogP contribution >= 0.6 is 0 Å². The summed E-state index contributed by atoms with van der Waals surface area (Å²) in [6, 6.07) is 1.98. The number of amides is 1. The molecule has 0 bridgehead atoms. The third kappa shape index (κ3) is 3.18. The van der Waals surface area contributed by atoms with Crippen molar-refractivity contribution in [3.8, 4) is 12.0 Å². The molecule has 2 fully saturated rings. The largest absolute Gasteiger partial charge is 0.341 e. The molecule has 0 saturated carbocycles. The van der Waals surface area contributed by atoms with Crippen molar-refractivity contribution < 1.29 is 4.79 Å². The molecular weight excluding hydrogens is 318 g/mol. The predicted octanol–water partition coefficient (Wildman–Crippen LogP) is 0.781. The number of nitrogens with zero attached hydrogens (tertiary/aromatic N) is 7. The Morgan fingerprint density at radius 3 is 2.92 bits per heavy atom. The minimum atomic E-state index is 0.189. The van der Waals surface area contributed by atoms with Crippen LogP contribution in [0.25, 0.3) is 5.82 Å². The normalized spacial score (nSPS) is 20.4. The zero-order valence-corrected chi connectivity index (χ0v) is 13.8. The van der Waals surface area contributed by atoms with E-state index in [1.54, 1.807) is 28.2 Å². The molecule has 0 unspecified atom stereocenters. The van der Waals surface area contributed by atoms with Gasteiger partial charge in [-0.2, -0.15) is 10.4 Å². The van der Waals surface area contributed by atoms with Crippen LogP contribution in [-0.2, 0) is 4.79 Å². The Labute approximate surface area is 145 Å². The topological polar surface area (TPSA) is 90.9 Å². The van der Waals surface area contributed by atoms with Gasteiger partial charge in [-0.05, 0) is 18.4 Å². The van der Waals surface area contributed by atoms with Gasteiger partial charge in [0.05, 0.1) is 11.9 Å². The predicted molar refractivity (Wildman–Crippen MR) is 88.4 cm³/mol. The second-order valence-electron chi connectivity index (χ2n) is 6.65. The van der Waals surface area contributed by atoms with Gasteiger partial charge in [-0.25, -0.2) is 9.67 Å². The first kappa shape index (κ1) is 15.6. The van der Waals surface area contributed by atoms with E-state index in [-0.39, 0.29) is 11.8 Å². The second-order valence-corrected chi connectivity index (χ2v) is 6.65. The molecule has 0 aromatic carbocycles. The Morgan fingerprint density at radius 2 is 2.20 bits per heavy atom. The molecule has 2 aromatic rings. The Morgan fingerprint density at radius 1 is 1.32 bits per heavy atom. The number of carbonyl (C=O) groups is 1. The molecule has 8 heteroatoms. The molecule has 0 radical (unpaired) electrons. The first-order valence-corrected chi connectivity index (χ1v) is 8.47. The van der Waals surface area contributed by atoms with Crippen molar-refractivity contribution >= 4 is 5.91 Å². The summed E-state index contributed by atoms with van der Waals surface area (Å²) in [5, 5.41) is 13.4. The third-order valence-corrected chi connectivity index (χ3v) is 4.94. The van der Waals surface area contributed by atoms with Crippen LogP contribution in [0.3, 0.4) is 0 Å². The molecule has 2 aromatic heterocycles. The van der Waals surface area contributed by atoms with E-state index in [9.17, 15) is 4.79 Å². The van der Waals surface area contributed by atoms with Gasteiger partial charge >= 0.3 is 0 Å². The molecule has 8 nitrogen and oxygen atoms in total. The smallest absolute Gasteiger partial charge is 0.222 e. The van der Waals surface area contributed by atoms with Gasteiger partial charge in [0.25, 0.3) is 0 Å². The molecule has 2 saturated heterocycles. The fourth-order valence-corrected chi connectivity index (χ4v) is 3.43. The van der Waals surface area contributed by atoms with E-state index in [1.807, 2.05) is 17.2 Å². The monoisotopic (exact) mass is 337 g/mol. The summed E-state index contributed by atoms with van der Waals surface area (Å²) in [4.78, 5) is 24.3. The highest BCUT2D eigenvalue weighted by Crippen LogP contribution is 2.28. The fourth-order valence-electron chi connectivity index (χ4n) is 3.43. The highest BCUT2D eigenvalue weighted by molar-refractivity contribution is 5.77. The number of hydrogen-bond donors (Lipinski definition) is 0. The maximum absolute atomic E-state index is 12.4. The number of carbonyl (C=O) groups excluding carboxylic acids is 1. The van der Waals surface area contributed by atoms with E-state index in [2.05, 4.69) is 21.3 Å². The van der Waals surface area contributed by atoms with Crippen LogP contribution in [0.1, 0.15) is 24.5 Å². The Bertz CT molecular complexity index is 791. The van der Waals surface area contributed by atoms with Crippen LogP contribution in [0.15, 0.2) is 30.9 Å². The lowest BCUT2D eigenvalue weighted by Crippen LogP contribution is -2.49. The minimum absolute atomic E-state index is 0.189. The van der Waals surface area contributed by atoms with Gasteiger partial charge in [0, 0.05) is 57.1 Å². The Kier molecular flexibility index (Phi) is 4.06. The summed E-state index contributed by atoms with van der Waals surface area (Å²) in [5.74, 6) is 1.46. The first-order valence-electron chi connectivity index (χ1n) is 8.47. The van der Waals surface area contributed by atoms with Crippen LogP contribution < -0.4 is 0 Å². The van der Waals surface area contributed by atoms with Gasteiger partial charge in [-0.1, -0.05) is 0 Å². The maximum atomic E-state index is 12.4. The van der Waals surface area contributed by atoms with Crippen LogP contribution in [0.4, 0.5) is 0 Å². The van der Waals surface area contributed by atoms with Crippen LogP contribution in [0.2, 0.25) is 0 Å². The van der Waals surface area contributed by atoms with Crippen LogP contribution in [-0.4, -0.2) is 61.6 Å². The molecule has 0 aliphatic carbocycles. The summed E-state index contributed by atoms with van der Waals surface area (Å²) in [6.45, 7) is 2.91. The molecule has 128 valence electrons. The third-order valence-electron chi connectivity index (χ3n) is 4.94. The van der Waals surface area contributed by atoms with Crippen molar-refractivity contribution in [2.45, 2.75) is 18.8 Å². The zero-order chi connectivity index (χ0) is 17.2. The minimum Gasteiger partial charge on any atom is -0.341 e. The second kappa shape index (κ2) is 6.51. The maximum Gasteiger partial charge on any atom is 0.222 e. The molecule has 2 aliphatic rings. The van der Waals surface area contributed by atoms with E-state index in [0.29, 0.717) is 37.8 Å². The molecule has 0 spiro atoms. The molecule has 4 rings (SSSR count). The van der Waals surface area contributed by atoms with Crippen molar-refractivity contribution in [1.82, 2.24) is 29.5 Å². The van der Waals surface area contributed by atoms with Crippen LogP contribution in [0, 0.1) is 17.4 Å². The molecular formula is C17H19N7O. The molecule has 1 atom stereocenters. The number of aromatic nitrogens is 4. The molecule has 4 heterocycles. The van der Waals surface area contributed by atoms with Gasteiger partial charge in [0.1, 0.15) is 0 Å². The fraction of sp³-hybridized carbons (Fsp3) is 0.471.